The Morgan fingerprint density at radius 3 is 2.34 bits per heavy atom. The number of rotatable bonds is 10. The Kier molecular flexibility index (Phi) is 9.40. The summed E-state index contributed by atoms with van der Waals surface area (Å²) in [6.07, 6.45) is 7.92. The lowest BCUT2D eigenvalue weighted by Crippen LogP contribution is -2.25. The monoisotopic (exact) mass is 634 g/mol. The van der Waals surface area contributed by atoms with E-state index in [1.165, 1.54) is 12.1 Å². The summed E-state index contributed by atoms with van der Waals surface area (Å²) in [5, 5.41) is 0. The molecule has 47 heavy (non-hydrogen) atoms. The molecule has 0 radical (unpaired) electrons. The van der Waals surface area contributed by atoms with Crippen molar-refractivity contribution in [2.24, 2.45) is 5.92 Å². The van der Waals surface area contributed by atoms with E-state index in [9.17, 15) is 14.0 Å². The molecule has 1 fully saturated rings. The summed E-state index contributed by atoms with van der Waals surface area (Å²) in [6.45, 7) is 1.99. The van der Waals surface area contributed by atoms with E-state index in [0.29, 0.717) is 48.7 Å². The maximum absolute atomic E-state index is 13.7. The van der Waals surface area contributed by atoms with Crippen LogP contribution in [0.5, 0.6) is 11.5 Å². The van der Waals surface area contributed by atoms with E-state index < -0.39 is 11.2 Å². The van der Waals surface area contributed by atoms with E-state index >= 15 is 0 Å². The first kappa shape index (κ1) is 31.6. The molecule has 0 spiro atoms. The van der Waals surface area contributed by atoms with Crippen LogP contribution in [0.3, 0.4) is 0 Å². The molecule has 0 atom stereocenters. The number of anilines is 1. The Bertz CT molecular complexity index is 1950. The maximum Gasteiger partial charge on any atom is 0.201 e. The van der Waals surface area contributed by atoms with Crippen molar-refractivity contribution in [3.63, 3.8) is 0 Å². The number of carbonyl (C=O) groups excluding carboxylic acids is 1. The quantitative estimate of drug-likeness (QED) is 0.180. The van der Waals surface area contributed by atoms with Crippen LogP contribution in [0.4, 0.5) is 10.2 Å². The lowest BCUT2D eigenvalue weighted by molar-refractivity contribution is 0.0612. The number of carbonyl (C=O) groups is 1. The Hall–Kier alpha value is -5.35. The third-order valence-electron chi connectivity index (χ3n) is 8.46. The molecule has 1 aliphatic heterocycles. The minimum Gasteiger partial charge on any atom is -0.493 e. The summed E-state index contributed by atoms with van der Waals surface area (Å²) in [6, 6.07) is 17.8. The van der Waals surface area contributed by atoms with Crippen molar-refractivity contribution in [2.75, 3.05) is 33.2 Å². The number of ether oxygens (including phenoxy) is 3. The minimum atomic E-state index is -0.503. The predicted molar refractivity (Wildman–Crippen MR) is 178 cm³/mol. The molecule has 1 saturated heterocycles. The standard InChI is InChI=1S/C37H35FN4O5/c1-45-34-10-7-26(17-35(34)46-2)27-16-29(37(39)41-18-27)25-5-3-23(4-6-25)15-33(43)31-22-42(20-24-11-13-47-14-12-24)21-30(36(31)44)32-9-8-28(38)19-40-32/h3-10,16-19,21-22,24H,11-15,20H2,1-2H3,(H2,39,41). The number of halogens is 1. The van der Waals surface area contributed by atoms with Crippen molar-refractivity contribution in [2.45, 2.75) is 25.8 Å². The number of Topliss-reactive ketones (excluding diaryl/α,β-unsaturated/α-hetero) is 1. The van der Waals surface area contributed by atoms with Gasteiger partial charge < -0.3 is 24.5 Å². The van der Waals surface area contributed by atoms with Gasteiger partial charge in [0.05, 0.1) is 37.2 Å². The van der Waals surface area contributed by atoms with Crippen LogP contribution in [0, 0.1) is 11.7 Å². The number of nitrogens with zero attached hydrogens (tertiary/aromatic N) is 3. The fraction of sp³-hybridized carbons (Fsp3) is 0.243. The zero-order valence-electron chi connectivity index (χ0n) is 26.2. The van der Waals surface area contributed by atoms with Gasteiger partial charge in [0.1, 0.15) is 11.6 Å². The van der Waals surface area contributed by atoms with E-state index in [0.717, 1.165) is 46.9 Å². The van der Waals surface area contributed by atoms with Crippen LogP contribution in [-0.4, -0.2) is 47.8 Å². The van der Waals surface area contributed by atoms with Gasteiger partial charge >= 0.3 is 0 Å². The Morgan fingerprint density at radius 1 is 0.894 bits per heavy atom. The Balaban J connectivity index is 1.26. The molecule has 0 amide bonds. The molecule has 0 bridgehead atoms. The molecule has 0 unspecified atom stereocenters. The average Bonchev–Trinajstić information content (AvgIpc) is 3.10. The second-order valence-corrected chi connectivity index (χ2v) is 11.6. The van der Waals surface area contributed by atoms with Gasteiger partial charge in [-0.15, -0.1) is 0 Å². The third kappa shape index (κ3) is 7.07. The number of methoxy groups -OCH3 is 2. The van der Waals surface area contributed by atoms with E-state index in [1.807, 2.05) is 53.1 Å². The fourth-order valence-electron chi connectivity index (χ4n) is 5.84. The highest BCUT2D eigenvalue weighted by molar-refractivity contribution is 5.98. The zero-order valence-corrected chi connectivity index (χ0v) is 26.2. The molecule has 3 aromatic heterocycles. The molecule has 240 valence electrons. The molecule has 10 heteroatoms. The zero-order chi connectivity index (χ0) is 32.9. The van der Waals surface area contributed by atoms with E-state index in [4.69, 9.17) is 19.9 Å². The average molecular weight is 635 g/mol. The Labute approximate surface area is 271 Å². The maximum atomic E-state index is 13.7. The second-order valence-electron chi connectivity index (χ2n) is 11.6. The van der Waals surface area contributed by atoms with Gasteiger partial charge in [0.2, 0.25) is 5.43 Å². The summed E-state index contributed by atoms with van der Waals surface area (Å²) in [5.41, 5.74) is 10.5. The van der Waals surface area contributed by atoms with Crippen LogP contribution in [0.1, 0.15) is 28.8 Å². The molecule has 0 saturated carbocycles. The Morgan fingerprint density at radius 2 is 1.64 bits per heavy atom. The first-order valence-electron chi connectivity index (χ1n) is 15.4. The van der Waals surface area contributed by atoms with Crippen LogP contribution < -0.4 is 20.6 Å². The topological polar surface area (TPSA) is 119 Å². The largest absolute Gasteiger partial charge is 0.493 e. The highest BCUT2D eigenvalue weighted by atomic mass is 19.1. The van der Waals surface area contributed by atoms with Gasteiger partial charge in [-0.25, -0.2) is 9.37 Å². The number of pyridine rings is 3. The first-order valence-corrected chi connectivity index (χ1v) is 15.4. The van der Waals surface area contributed by atoms with Gasteiger partial charge in [-0.05, 0) is 65.8 Å². The SMILES string of the molecule is COc1ccc(-c2cnc(N)c(-c3ccc(CC(=O)c4cn(CC5CCOCC5)cc(-c5ccc(F)cn5)c4=O)cc3)c2)cc1OC. The summed E-state index contributed by atoms with van der Waals surface area (Å²) < 4.78 is 31.8. The number of ketones is 1. The molecule has 9 nitrogen and oxygen atoms in total. The van der Waals surface area contributed by atoms with E-state index in [1.54, 1.807) is 32.8 Å². The number of nitrogen functional groups attached to an aromatic ring is 1. The number of hydrogen-bond acceptors (Lipinski definition) is 8. The third-order valence-corrected chi connectivity index (χ3v) is 8.46. The van der Waals surface area contributed by atoms with Gasteiger partial charge in [0.25, 0.3) is 0 Å². The smallest absolute Gasteiger partial charge is 0.201 e. The fourth-order valence-corrected chi connectivity index (χ4v) is 5.84. The van der Waals surface area contributed by atoms with E-state index in [-0.39, 0.29) is 23.3 Å². The van der Waals surface area contributed by atoms with Gasteiger partial charge in [0, 0.05) is 55.9 Å². The minimum absolute atomic E-state index is 0.0203. The van der Waals surface area contributed by atoms with Crippen LogP contribution >= 0.6 is 0 Å². The van der Waals surface area contributed by atoms with Gasteiger partial charge in [-0.2, -0.15) is 0 Å². The van der Waals surface area contributed by atoms with Crippen molar-refractivity contribution in [1.82, 2.24) is 14.5 Å². The van der Waals surface area contributed by atoms with Crippen molar-refractivity contribution < 1.29 is 23.4 Å². The molecule has 5 aromatic rings. The normalized spacial score (nSPS) is 13.3. The molecular weight excluding hydrogens is 599 g/mol. The van der Waals surface area contributed by atoms with Crippen molar-refractivity contribution in [3.8, 4) is 45.0 Å². The molecule has 4 heterocycles. The number of nitrogens with two attached hydrogens (primary N) is 1. The first-order chi connectivity index (χ1) is 22.8. The predicted octanol–water partition coefficient (Wildman–Crippen LogP) is 6.23. The number of hydrogen-bond donors (Lipinski definition) is 1. The lowest BCUT2D eigenvalue weighted by atomic mass is 9.97. The summed E-state index contributed by atoms with van der Waals surface area (Å²) in [7, 11) is 3.17. The molecule has 2 aromatic carbocycles. The van der Waals surface area contributed by atoms with Crippen molar-refractivity contribution in [3.05, 3.63) is 113 Å². The van der Waals surface area contributed by atoms with Gasteiger partial charge in [-0.3, -0.25) is 14.6 Å². The van der Waals surface area contributed by atoms with Crippen molar-refractivity contribution >= 4 is 11.6 Å². The molecular formula is C37H35FN4O5. The van der Waals surface area contributed by atoms with Crippen LogP contribution in [0.25, 0.3) is 33.5 Å². The molecule has 1 aliphatic rings. The van der Waals surface area contributed by atoms with Crippen LogP contribution in [-0.2, 0) is 17.7 Å². The molecule has 6 rings (SSSR count). The van der Waals surface area contributed by atoms with Gasteiger partial charge in [-0.1, -0.05) is 30.3 Å². The second kappa shape index (κ2) is 14.0. The highest BCUT2D eigenvalue weighted by Gasteiger charge is 2.20. The summed E-state index contributed by atoms with van der Waals surface area (Å²) in [5.74, 6) is 1.13. The van der Waals surface area contributed by atoms with Crippen molar-refractivity contribution in [1.29, 1.82) is 0 Å². The summed E-state index contributed by atoms with van der Waals surface area (Å²) in [4.78, 5) is 35.8. The highest BCUT2D eigenvalue weighted by Crippen LogP contribution is 2.35. The number of aromatic nitrogens is 3. The van der Waals surface area contributed by atoms with Crippen LogP contribution in [0.15, 0.2) is 90.2 Å². The lowest BCUT2D eigenvalue weighted by Gasteiger charge is -2.23. The van der Waals surface area contributed by atoms with Gasteiger partial charge in [0.15, 0.2) is 17.3 Å². The van der Waals surface area contributed by atoms with E-state index in [2.05, 4.69) is 9.97 Å². The van der Waals surface area contributed by atoms with Crippen LogP contribution in [0.2, 0.25) is 0 Å². The summed E-state index contributed by atoms with van der Waals surface area (Å²) >= 11 is 0. The number of benzene rings is 2. The molecule has 0 aliphatic carbocycles. The molecule has 2 N–H and O–H groups in total.